The Hall–Kier alpha value is -2.61. The van der Waals surface area contributed by atoms with Crippen LogP contribution in [-0.2, 0) is 10.2 Å². The molecule has 8 heteroatoms. The van der Waals surface area contributed by atoms with Crippen molar-refractivity contribution in [3.8, 4) is 11.5 Å². The van der Waals surface area contributed by atoms with Gasteiger partial charge in [-0.2, -0.15) is 0 Å². The maximum atomic E-state index is 15.1. The normalized spacial score (nSPS) is 14.3. The van der Waals surface area contributed by atoms with Gasteiger partial charge in [0.15, 0.2) is 34.8 Å². The molecule has 0 aliphatic heterocycles. The van der Waals surface area contributed by atoms with E-state index < -0.39 is 40.0 Å². The van der Waals surface area contributed by atoms with E-state index in [-0.39, 0.29) is 36.3 Å². The Labute approximate surface area is 179 Å². The van der Waals surface area contributed by atoms with E-state index in [0.717, 1.165) is 0 Å². The zero-order chi connectivity index (χ0) is 23.5. The van der Waals surface area contributed by atoms with Gasteiger partial charge in [-0.25, -0.2) is 17.6 Å². The summed E-state index contributed by atoms with van der Waals surface area (Å²) in [7, 11) is 6.26. The minimum absolute atomic E-state index is 0.120. The second-order valence-corrected chi connectivity index (χ2v) is 7.61. The van der Waals surface area contributed by atoms with Crippen molar-refractivity contribution in [3.63, 3.8) is 0 Å². The third kappa shape index (κ3) is 4.39. The lowest BCUT2D eigenvalue weighted by Gasteiger charge is -2.38. The fraction of sp³-hybridized carbons (Fsp3) is 0.435. The largest absolute Gasteiger partial charge is 0.493 e. The van der Waals surface area contributed by atoms with Crippen LogP contribution in [0.5, 0.6) is 11.5 Å². The van der Waals surface area contributed by atoms with Gasteiger partial charge in [-0.05, 0) is 45.1 Å². The molecule has 0 amide bonds. The van der Waals surface area contributed by atoms with Crippen molar-refractivity contribution in [1.29, 1.82) is 0 Å². The number of rotatable bonds is 9. The summed E-state index contributed by atoms with van der Waals surface area (Å²) in [6, 6.07) is 4.11. The molecule has 0 fully saturated rings. The van der Waals surface area contributed by atoms with Crippen molar-refractivity contribution in [3.05, 3.63) is 58.7 Å². The van der Waals surface area contributed by atoms with Gasteiger partial charge in [-0.1, -0.05) is 13.0 Å². The van der Waals surface area contributed by atoms with Crippen LogP contribution in [0.2, 0.25) is 0 Å². The molecule has 0 saturated heterocycles. The number of hydrogen-bond donors (Lipinski definition) is 0. The first kappa shape index (κ1) is 24.7. The fourth-order valence-corrected chi connectivity index (χ4v) is 3.76. The third-order valence-electron chi connectivity index (χ3n) is 5.70. The Kier molecular flexibility index (Phi) is 7.70. The molecule has 0 radical (unpaired) electrons. The van der Waals surface area contributed by atoms with E-state index in [1.807, 2.05) is 0 Å². The maximum absolute atomic E-state index is 15.1. The standard InChI is InChI=1S/C23H27F4NO3/c1-7-19(29)23(12-13(2)28(3)4,14-8-9-17(30-5)18(10-14)31-6)20-21(26)15(24)11-16(25)22(20)27/h8-11,13H,7,12H2,1-6H3/t13-,23-/m0/s1. The Morgan fingerprint density at radius 1 is 1.00 bits per heavy atom. The van der Waals surface area contributed by atoms with E-state index >= 15 is 8.78 Å². The van der Waals surface area contributed by atoms with E-state index in [1.165, 1.54) is 39.3 Å². The van der Waals surface area contributed by atoms with Gasteiger partial charge in [0.1, 0.15) is 5.78 Å². The molecule has 0 aromatic heterocycles. The average molecular weight is 441 g/mol. The third-order valence-corrected chi connectivity index (χ3v) is 5.70. The molecule has 2 rings (SSSR count). The number of ether oxygens (including phenoxy) is 2. The number of hydrogen-bond acceptors (Lipinski definition) is 4. The summed E-state index contributed by atoms with van der Waals surface area (Å²) in [5, 5.41) is 0. The van der Waals surface area contributed by atoms with Crippen LogP contribution >= 0.6 is 0 Å². The lowest BCUT2D eigenvalue weighted by atomic mass is 9.66. The number of benzene rings is 2. The summed E-state index contributed by atoms with van der Waals surface area (Å²) in [6.45, 7) is 3.29. The van der Waals surface area contributed by atoms with E-state index in [9.17, 15) is 13.6 Å². The van der Waals surface area contributed by atoms with E-state index in [2.05, 4.69) is 0 Å². The molecular weight excluding hydrogens is 414 g/mol. The highest BCUT2D eigenvalue weighted by atomic mass is 19.2. The Morgan fingerprint density at radius 3 is 2.00 bits per heavy atom. The summed E-state index contributed by atoms with van der Waals surface area (Å²) in [5.41, 5.74) is -2.80. The number of nitrogens with zero attached hydrogens (tertiary/aromatic N) is 1. The SMILES string of the molecule is CCC(=O)[C@](C[C@H](C)N(C)C)(c1ccc(OC)c(OC)c1)c1c(F)c(F)cc(F)c1F. The molecule has 0 spiro atoms. The molecule has 0 aliphatic rings. The number of halogens is 4. The zero-order valence-corrected chi connectivity index (χ0v) is 18.5. The van der Waals surface area contributed by atoms with Crippen molar-refractivity contribution >= 4 is 5.78 Å². The van der Waals surface area contributed by atoms with Crippen LogP contribution in [0.25, 0.3) is 0 Å². The van der Waals surface area contributed by atoms with E-state index in [4.69, 9.17) is 9.47 Å². The highest BCUT2D eigenvalue weighted by Crippen LogP contribution is 2.45. The second-order valence-electron chi connectivity index (χ2n) is 7.61. The van der Waals surface area contributed by atoms with Crippen molar-refractivity contribution in [2.75, 3.05) is 28.3 Å². The van der Waals surface area contributed by atoms with Crippen LogP contribution < -0.4 is 9.47 Å². The Bertz CT molecular complexity index is 938. The molecule has 0 unspecified atom stereocenters. The quantitative estimate of drug-likeness (QED) is 0.411. The molecule has 0 bridgehead atoms. The number of methoxy groups -OCH3 is 2. The van der Waals surface area contributed by atoms with Crippen LogP contribution in [-0.4, -0.2) is 45.0 Å². The molecule has 0 N–H and O–H groups in total. The Morgan fingerprint density at radius 2 is 1.55 bits per heavy atom. The highest BCUT2D eigenvalue weighted by molar-refractivity contribution is 5.94. The zero-order valence-electron chi connectivity index (χ0n) is 18.5. The van der Waals surface area contributed by atoms with Crippen molar-refractivity contribution < 1.29 is 31.8 Å². The number of carbonyl (C=O) groups excluding carboxylic acids is 1. The molecule has 0 heterocycles. The predicted octanol–water partition coefficient (Wildman–Crippen LogP) is 4.87. The van der Waals surface area contributed by atoms with Crippen LogP contribution in [0, 0.1) is 23.3 Å². The maximum Gasteiger partial charge on any atom is 0.166 e. The molecule has 2 aromatic rings. The van der Waals surface area contributed by atoms with Gasteiger partial charge in [-0.15, -0.1) is 0 Å². The van der Waals surface area contributed by atoms with Gasteiger partial charge in [0, 0.05) is 24.1 Å². The number of Topliss-reactive ketones (excluding diaryl/α,β-unsaturated/α-hetero) is 1. The second kappa shape index (κ2) is 9.68. The van der Waals surface area contributed by atoms with Crippen molar-refractivity contribution in [2.45, 2.75) is 38.1 Å². The first-order valence-electron chi connectivity index (χ1n) is 9.80. The molecule has 4 nitrogen and oxygen atoms in total. The minimum atomic E-state index is -2.00. The summed E-state index contributed by atoms with van der Waals surface area (Å²) in [5.74, 6) is -6.38. The van der Waals surface area contributed by atoms with Gasteiger partial charge in [-0.3, -0.25) is 4.79 Å². The van der Waals surface area contributed by atoms with Gasteiger partial charge in [0.25, 0.3) is 0 Å². The first-order valence-corrected chi connectivity index (χ1v) is 9.80. The van der Waals surface area contributed by atoms with Crippen molar-refractivity contribution in [1.82, 2.24) is 4.90 Å². The minimum Gasteiger partial charge on any atom is -0.493 e. The summed E-state index contributed by atoms with van der Waals surface area (Å²) in [6.07, 6.45) is -0.246. The monoisotopic (exact) mass is 441 g/mol. The molecule has 0 saturated carbocycles. The number of carbonyl (C=O) groups is 1. The molecule has 170 valence electrons. The van der Waals surface area contributed by atoms with Crippen LogP contribution in [0.15, 0.2) is 24.3 Å². The van der Waals surface area contributed by atoms with Crippen LogP contribution in [0.4, 0.5) is 17.6 Å². The summed E-state index contributed by atoms with van der Waals surface area (Å²) >= 11 is 0. The molecular formula is C23H27F4NO3. The van der Waals surface area contributed by atoms with Gasteiger partial charge in [0.05, 0.1) is 19.6 Å². The molecule has 2 atom stereocenters. The fourth-order valence-electron chi connectivity index (χ4n) is 3.76. The Balaban J connectivity index is 3.02. The summed E-state index contributed by atoms with van der Waals surface area (Å²) in [4.78, 5) is 15.2. The van der Waals surface area contributed by atoms with Gasteiger partial charge < -0.3 is 14.4 Å². The highest BCUT2D eigenvalue weighted by Gasteiger charge is 2.47. The molecule has 31 heavy (non-hydrogen) atoms. The van der Waals surface area contributed by atoms with E-state index in [0.29, 0.717) is 5.75 Å². The summed E-state index contributed by atoms with van der Waals surface area (Å²) < 4.78 is 69.2. The van der Waals surface area contributed by atoms with Gasteiger partial charge in [0.2, 0.25) is 0 Å². The number of ketones is 1. The molecule has 2 aromatic carbocycles. The predicted molar refractivity (Wildman–Crippen MR) is 110 cm³/mol. The van der Waals surface area contributed by atoms with Crippen LogP contribution in [0.1, 0.15) is 37.8 Å². The average Bonchev–Trinajstić information content (AvgIpc) is 2.75. The van der Waals surface area contributed by atoms with Gasteiger partial charge >= 0.3 is 0 Å². The lowest BCUT2D eigenvalue weighted by molar-refractivity contribution is -0.123. The van der Waals surface area contributed by atoms with Crippen molar-refractivity contribution in [2.24, 2.45) is 0 Å². The lowest BCUT2D eigenvalue weighted by Crippen LogP contribution is -2.44. The smallest absolute Gasteiger partial charge is 0.166 e. The first-order chi connectivity index (χ1) is 14.5. The molecule has 0 aliphatic carbocycles. The van der Waals surface area contributed by atoms with Crippen LogP contribution in [0.3, 0.4) is 0 Å². The topological polar surface area (TPSA) is 38.8 Å². The van der Waals surface area contributed by atoms with E-state index in [1.54, 1.807) is 25.9 Å².